The van der Waals surface area contributed by atoms with Crippen LogP contribution in [0.2, 0.25) is 10.0 Å². The number of ether oxygens (including phenoxy) is 1. The smallest absolute Gasteiger partial charge is 0.211 e. The molecule has 0 fully saturated rings. The molecule has 0 saturated heterocycles. The molecule has 20 heavy (non-hydrogen) atoms. The minimum Gasteiger partial charge on any atom is -0.478 e. The Balaban J connectivity index is 1.86. The molecule has 0 aromatic heterocycles. The van der Waals surface area contributed by atoms with Crippen LogP contribution in [0.15, 0.2) is 35.5 Å². The molecule has 0 unspecified atom stereocenters. The first-order valence-electron chi connectivity index (χ1n) is 6.72. The summed E-state index contributed by atoms with van der Waals surface area (Å²) < 4.78 is 5.55. The predicted molar refractivity (Wildman–Crippen MR) is 84.3 cm³/mol. The molecule has 0 amide bonds. The second kappa shape index (κ2) is 7.55. The van der Waals surface area contributed by atoms with E-state index in [2.05, 4.69) is 16.8 Å². The molecule has 0 aliphatic carbocycles. The summed E-state index contributed by atoms with van der Waals surface area (Å²) in [7, 11) is 0. The van der Waals surface area contributed by atoms with Crippen molar-refractivity contribution in [2.75, 3.05) is 13.3 Å². The van der Waals surface area contributed by atoms with Crippen LogP contribution >= 0.6 is 23.2 Å². The van der Waals surface area contributed by atoms with Crippen molar-refractivity contribution in [1.82, 2.24) is 4.90 Å². The van der Waals surface area contributed by atoms with Crippen LogP contribution in [-0.2, 0) is 11.3 Å². The maximum atomic E-state index is 6.17. The molecule has 108 valence electrons. The lowest BCUT2D eigenvalue weighted by molar-refractivity contribution is 0.286. The summed E-state index contributed by atoms with van der Waals surface area (Å²) in [5, 5.41) is 1.33. The predicted octanol–water partition coefficient (Wildman–Crippen LogP) is 4.50. The van der Waals surface area contributed by atoms with E-state index in [1.807, 2.05) is 24.4 Å². The number of halogens is 2. The number of rotatable bonds is 5. The van der Waals surface area contributed by atoms with E-state index in [-0.39, 0.29) is 0 Å². The van der Waals surface area contributed by atoms with E-state index in [0.717, 1.165) is 25.0 Å². The zero-order valence-corrected chi connectivity index (χ0v) is 13.0. The van der Waals surface area contributed by atoms with Crippen LogP contribution < -0.4 is 0 Å². The van der Waals surface area contributed by atoms with Crippen LogP contribution in [0.1, 0.15) is 25.3 Å². The molecule has 3 nitrogen and oxygen atoms in total. The average Bonchev–Trinajstić information content (AvgIpc) is 2.44. The zero-order chi connectivity index (χ0) is 14.4. The van der Waals surface area contributed by atoms with Crippen molar-refractivity contribution >= 4 is 29.1 Å². The molecule has 0 bridgehead atoms. The van der Waals surface area contributed by atoms with Gasteiger partial charge in [0.15, 0.2) is 0 Å². The highest BCUT2D eigenvalue weighted by atomic mass is 35.5. The molecule has 0 spiro atoms. The Bertz CT molecular complexity index is 515. The van der Waals surface area contributed by atoms with Gasteiger partial charge >= 0.3 is 0 Å². The third-order valence-corrected chi connectivity index (χ3v) is 3.56. The molecule has 1 heterocycles. The van der Waals surface area contributed by atoms with Gasteiger partial charge in [-0.3, -0.25) is 0 Å². The molecular formula is C15H18Cl2N2O. The Labute approximate surface area is 129 Å². The third-order valence-electron chi connectivity index (χ3n) is 2.97. The molecule has 0 saturated carbocycles. The minimum absolute atomic E-state index is 0.580. The molecule has 0 atom stereocenters. The molecule has 1 aromatic carbocycles. The summed E-state index contributed by atoms with van der Waals surface area (Å²) in [6, 6.07) is 5.54. The number of hydrogen-bond donors (Lipinski definition) is 0. The van der Waals surface area contributed by atoms with Crippen LogP contribution in [0.25, 0.3) is 0 Å². The Morgan fingerprint density at radius 3 is 2.85 bits per heavy atom. The van der Waals surface area contributed by atoms with Crippen LogP contribution in [0.3, 0.4) is 0 Å². The number of hydrogen-bond acceptors (Lipinski definition) is 3. The first-order chi connectivity index (χ1) is 9.69. The van der Waals surface area contributed by atoms with Gasteiger partial charge in [0, 0.05) is 28.9 Å². The standard InChI is InChI=1S/C15H18Cl2N2O/c1-2-3-8-20-15-6-7-19(11-18-15)10-12-4-5-13(16)9-14(12)17/h4-7,9H,2-3,8,10-11H2,1H3. The first kappa shape index (κ1) is 15.2. The van der Waals surface area contributed by atoms with Gasteiger partial charge in [-0.25, -0.2) is 4.99 Å². The Kier molecular flexibility index (Phi) is 5.74. The van der Waals surface area contributed by atoms with E-state index < -0.39 is 0 Å². The first-order valence-corrected chi connectivity index (χ1v) is 7.48. The van der Waals surface area contributed by atoms with Gasteiger partial charge in [-0.15, -0.1) is 0 Å². The van der Waals surface area contributed by atoms with Gasteiger partial charge in [-0.2, -0.15) is 0 Å². The summed E-state index contributed by atoms with van der Waals surface area (Å²) in [6.45, 7) is 4.15. The third kappa shape index (κ3) is 4.43. The van der Waals surface area contributed by atoms with E-state index in [1.165, 1.54) is 0 Å². The summed E-state index contributed by atoms with van der Waals surface area (Å²) in [5.74, 6) is 0.705. The normalized spacial score (nSPS) is 14.3. The Hall–Kier alpha value is -1.19. The van der Waals surface area contributed by atoms with Crippen LogP contribution in [0, 0.1) is 0 Å². The van der Waals surface area contributed by atoms with Gasteiger partial charge in [-0.1, -0.05) is 42.6 Å². The number of nitrogens with zero attached hydrogens (tertiary/aromatic N) is 2. The molecule has 1 aliphatic rings. The van der Waals surface area contributed by atoms with Gasteiger partial charge in [0.2, 0.25) is 5.90 Å². The topological polar surface area (TPSA) is 24.8 Å². The number of aliphatic imine (C=N–C) groups is 1. The van der Waals surface area contributed by atoms with Crippen molar-refractivity contribution in [3.8, 4) is 0 Å². The summed E-state index contributed by atoms with van der Waals surface area (Å²) >= 11 is 12.1. The average molecular weight is 313 g/mol. The van der Waals surface area contributed by atoms with Crippen LogP contribution in [-0.4, -0.2) is 24.1 Å². The highest BCUT2D eigenvalue weighted by Gasteiger charge is 2.09. The minimum atomic E-state index is 0.580. The van der Waals surface area contributed by atoms with Crippen molar-refractivity contribution < 1.29 is 4.74 Å². The summed E-state index contributed by atoms with van der Waals surface area (Å²) in [6.07, 6.45) is 6.05. The molecule has 2 rings (SSSR count). The quantitative estimate of drug-likeness (QED) is 0.748. The lowest BCUT2D eigenvalue weighted by Crippen LogP contribution is -2.22. The fourth-order valence-electron chi connectivity index (χ4n) is 1.82. The lowest BCUT2D eigenvalue weighted by Gasteiger charge is -2.22. The molecular weight excluding hydrogens is 295 g/mol. The second-order valence-electron chi connectivity index (χ2n) is 4.64. The number of benzene rings is 1. The molecule has 5 heteroatoms. The highest BCUT2D eigenvalue weighted by Crippen LogP contribution is 2.22. The van der Waals surface area contributed by atoms with E-state index in [0.29, 0.717) is 29.2 Å². The maximum absolute atomic E-state index is 6.17. The SMILES string of the molecule is CCCCOC1=NCN(Cc2ccc(Cl)cc2Cl)C=C1. The fraction of sp³-hybridized carbons (Fsp3) is 0.400. The lowest BCUT2D eigenvalue weighted by atomic mass is 10.2. The van der Waals surface area contributed by atoms with Crippen LogP contribution in [0.4, 0.5) is 0 Å². The molecule has 1 aliphatic heterocycles. The largest absolute Gasteiger partial charge is 0.478 e. The fourth-order valence-corrected chi connectivity index (χ4v) is 2.28. The van der Waals surface area contributed by atoms with E-state index in [1.54, 1.807) is 6.07 Å². The Morgan fingerprint density at radius 1 is 1.35 bits per heavy atom. The maximum Gasteiger partial charge on any atom is 0.211 e. The van der Waals surface area contributed by atoms with Gasteiger partial charge in [-0.05, 0) is 24.1 Å². The molecule has 1 aromatic rings. The van der Waals surface area contributed by atoms with Gasteiger partial charge in [0.25, 0.3) is 0 Å². The van der Waals surface area contributed by atoms with Crippen molar-refractivity contribution in [1.29, 1.82) is 0 Å². The van der Waals surface area contributed by atoms with Crippen molar-refractivity contribution in [2.45, 2.75) is 26.3 Å². The Morgan fingerprint density at radius 2 is 2.20 bits per heavy atom. The van der Waals surface area contributed by atoms with Gasteiger partial charge < -0.3 is 9.64 Å². The summed E-state index contributed by atoms with van der Waals surface area (Å²) in [5.41, 5.74) is 1.03. The monoisotopic (exact) mass is 312 g/mol. The second-order valence-corrected chi connectivity index (χ2v) is 5.48. The van der Waals surface area contributed by atoms with Crippen LogP contribution in [0.5, 0.6) is 0 Å². The molecule has 0 N–H and O–H groups in total. The van der Waals surface area contributed by atoms with Crippen molar-refractivity contribution in [2.24, 2.45) is 4.99 Å². The molecule has 0 radical (unpaired) electrons. The van der Waals surface area contributed by atoms with Crippen molar-refractivity contribution in [3.05, 3.63) is 46.1 Å². The van der Waals surface area contributed by atoms with E-state index in [4.69, 9.17) is 27.9 Å². The van der Waals surface area contributed by atoms with Gasteiger partial charge in [0.1, 0.15) is 6.67 Å². The van der Waals surface area contributed by atoms with E-state index >= 15 is 0 Å². The highest BCUT2D eigenvalue weighted by molar-refractivity contribution is 6.35. The number of unbranched alkanes of at least 4 members (excludes halogenated alkanes) is 1. The van der Waals surface area contributed by atoms with E-state index in [9.17, 15) is 0 Å². The van der Waals surface area contributed by atoms with Crippen molar-refractivity contribution in [3.63, 3.8) is 0 Å². The zero-order valence-electron chi connectivity index (χ0n) is 11.5. The summed E-state index contributed by atoms with van der Waals surface area (Å²) in [4.78, 5) is 6.46. The van der Waals surface area contributed by atoms with Gasteiger partial charge in [0.05, 0.1) is 6.61 Å².